The zero-order valence-corrected chi connectivity index (χ0v) is 15.0. The Balaban J connectivity index is 1.79. The van der Waals surface area contributed by atoms with Gasteiger partial charge in [0, 0.05) is 16.8 Å². The summed E-state index contributed by atoms with van der Waals surface area (Å²) in [6.45, 7) is 5.63. The van der Waals surface area contributed by atoms with E-state index in [2.05, 4.69) is 5.32 Å². The maximum absolute atomic E-state index is 11.8. The highest BCUT2D eigenvalue weighted by Crippen LogP contribution is 2.30. The van der Waals surface area contributed by atoms with E-state index in [1.807, 2.05) is 39.0 Å². The molecule has 1 amide bonds. The van der Waals surface area contributed by atoms with Gasteiger partial charge in [-0.3, -0.25) is 0 Å². The first kappa shape index (κ1) is 17.9. The largest absolute Gasteiger partial charge is 0.444 e. The number of carbonyl (C=O) groups excluding carboxylic acids is 1. The Kier molecular flexibility index (Phi) is 5.79. The standard InChI is InChI=1S/C18H27ClN2O2/c1-18(2,3)23-17(22)21-15-8-4-12(5-9-15)10-13-6-7-14(19)11-16(13)20/h6-7,11-12,15H,4-5,8-10,20H2,1-3H3,(H,21,22). The van der Waals surface area contributed by atoms with Gasteiger partial charge in [0.2, 0.25) is 0 Å². The van der Waals surface area contributed by atoms with Crippen LogP contribution >= 0.6 is 11.6 Å². The molecule has 2 rings (SSSR count). The van der Waals surface area contributed by atoms with E-state index < -0.39 is 5.60 Å². The number of nitrogens with two attached hydrogens (primary N) is 1. The van der Waals surface area contributed by atoms with Crippen molar-refractivity contribution in [3.05, 3.63) is 28.8 Å². The lowest BCUT2D eigenvalue weighted by Gasteiger charge is -2.30. The van der Waals surface area contributed by atoms with Crippen molar-refractivity contribution in [1.82, 2.24) is 5.32 Å². The van der Waals surface area contributed by atoms with Crippen LogP contribution < -0.4 is 11.1 Å². The monoisotopic (exact) mass is 338 g/mol. The molecule has 3 N–H and O–H groups in total. The molecule has 0 unspecified atom stereocenters. The number of nitrogens with one attached hydrogen (secondary N) is 1. The zero-order valence-electron chi connectivity index (χ0n) is 14.2. The molecular formula is C18H27ClN2O2. The molecule has 0 heterocycles. The van der Waals surface area contributed by atoms with Crippen LogP contribution in [-0.2, 0) is 11.2 Å². The number of amides is 1. The van der Waals surface area contributed by atoms with E-state index in [0.717, 1.165) is 43.4 Å². The topological polar surface area (TPSA) is 64.3 Å². The number of nitrogen functional groups attached to an aromatic ring is 1. The lowest BCUT2D eigenvalue weighted by atomic mass is 9.82. The van der Waals surface area contributed by atoms with Crippen LogP contribution in [0.1, 0.15) is 52.0 Å². The molecular weight excluding hydrogens is 312 g/mol. The van der Waals surface area contributed by atoms with Crippen molar-refractivity contribution in [2.24, 2.45) is 5.92 Å². The van der Waals surface area contributed by atoms with Gasteiger partial charge in [0.1, 0.15) is 5.60 Å². The van der Waals surface area contributed by atoms with Crippen LogP contribution in [0, 0.1) is 5.92 Å². The first-order chi connectivity index (χ1) is 10.7. The molecule has 0 saturated heterocycles. The molecule has 1 aromatic rings. The number of ether oxygens (including phenoxy) is 1. The van der Waals surface area contributed by atoms with Crippen LogP contribution in [0.25, 0.3) is 0 Å². The lowest BCUT2D eigenvalue weighted by molar-refractivity contribution is 0.0487. The number of rotatable bonds is 3. The van der Waals surface area contributed by atoms with Gasteiger partial charge in [0.25, 0.3) is 0 Å². The first-order valence-corrected chi connectivity index (χ1v) is 8.64. The van der Waals surface area contributed by atoms with Crippen LogP contribution in [0.15, 0.2) is 18.2 Å². The SMILES string of the molecule is CC(C)(C)OC(=O)NC1CCC(Cc2ccc(Cl)cc2N)CC1. The molecule has 0 aliphatic heterocycles. The molecule has 23 heavy (non-hydrogen) atoms. The Bertz CT molecular complexity index is 546. The Morgan fingerprint density at radius 1 is 1.30 bits per heavy atom. The van der Waals surface area contributed by atoms with Crippen LogP contribution in [0.5, 0.6) is 0 Å². The van der Waals surface area contributed by atoms with Crippen molar-refractivity contribution < 1.29 is 9.53 Å². The second kappa shape index (κ2) is 7.43. The number of anilines is 1. The fourth-order valence-corrected chi connectivity index (χ4v) is 3.23. The third-order valence-corrected chi connectivity index (χ3v) is 4.42. The average molecular weight is 339 g/mol. The molecule has 5 heteroatoms. The summed E-state index contributed by atoms with van der Waals surface area (Å²) in [4.78, 5) is 11.8. The summed E-state index contributed by atoms with van der Waals surface area (Å²) < 4.78 is 5.31. The van der Waals surface area contributed by atoms with Gasteiger partial charge < -0.3 is 15.8 Å². The van der Waals surface area contributed by atoms with E-state index >= 15 is 0 Å². The highest BCUT2D eigenvalue weighted by Gasteiger charge is 2.25. The second-order valence-corrected chi connectivity index (χ2v) is 7.85. The molecule has 0 atom stereocenters. The smallest absolute Gasteiger partial charge is 0.407 e. The second-order valence-electron chi connectivity index (χ2n) is 7.41. The molecule has 1 aliphatic carbocycles. The molecule has 0 bridgehead atoms. The Labute approximate surface area is 143 Å². The molecule has 1 aromatic carbocycles. The third kappa shape index (κ3) is 5.94. The molecule has 1 saturated carbocycles. The fourth-order valence-electron chi connectivity index (χ4n) is 3.05. The number of hydrogen-bond acceptors (Lipinski definition) is 3. The minimum atomic E-state index is -0.451. The summed E-state index contributed by atoms with van der Waals surface area (Å²) in [5.41, 5.74) is 7.52. The maximum Gasteiger partial charge on any atom is 0.407 e. The summed E-state index contributed by atoms with van der Waals surface area (Å²) in [5.74, 6) is 0.607. The maximum atomic E-state index is 11.8. The van der Waals surface area contributed by atoms with E-state index in [4.69, 9.17) is 22.1 Å². The Hall–Kier alpha value is -1.42. The summed E-state index contributed by atoms with van der Waals surface area (Å²) >= 11 is 5.94. The van der Waals surface area contributed by atoms with Crippen molar-refractivity contribution in [3.63, 3.8) is 0 Å². The summed E-state index contributed by atoms with van der Waals surface area (Å²) in [6, 6.07) is 5.93. The quantitative estimate of drug-likeness (QED) is 0.795. The van der Waals surface area contributed by atoms with E-state index in [-0.39, 0.29) is 12.1 Å². The van der Waals surface area contributed by atoms with Crippen molar-refractivity contribution in [1.29, 1.82) is 0 Å². The molecule has 1 aliphatic rings. The lowest BCUT2D eigenvalue weighted by Crippen LogP contribution is -2.41. The van der Waals surface area contributed by atoms with E-state index in [1.165, 1.54) is 0 Å². The molecule has 0 spiro atoms. The van der Waals surface area contributed by atoms with Crippen LogP contribution in [0.3, 0.4) is 0 Å². The van der Waals surface area contributed by atoms with Crippen LogP contribution in [-0.4, -0.2) is 17.7 Å². The highest BCUT2D eigenvalue weighted by molar-refractivity contribution is 6.30. The Morgan fingerprint density at radius 2 is 1.96 bits per heavy atom. The third-order valence-electron chi connectivity index (χ3n) is 4.18. The normalized spacial score (nSPS) is 21.7. The van der Waals surface area contributed by atoms with Crippen molar-refractivity contribution in [3.8, 4) is 0 Å². The molecule has 0 aromatic heterocycles. The zero-order chi connectivity index (χ0) is 17.0. The number of carbonyl (C=O) groups is 1. The van der Waals surface area contributed by atoms with E-state index in [1.54, 1.807) is 0 Å². The van der Waals surface area contributed by atoms with Gasteiger partial charge in [0.15, 0.2) is 0 Å². The van der Waals surface area contributed by atoms with Crippen LogP contribution in [0.4, 0.5) is 10.5 Å². The van der Waals surface area contributed by atoms with Crippen molar-refractivity contribution >= 4 is 23.4 Å². The van der Waals surface area contributed by atoms with Gasteiger partial charge in [-0.05, 0) is 76.5 Å². The number of halogens is 1. The van der Waals surface area contributed by atoms with Gasteiger partial charge in [0.05, 0.1) is 0 Å². The van der Waals surface area contributed by atoms with Gasteiger partial charge in [-0.15, -0.1) is 0 Å². The predicted molar refractivity (Wildman–Crippen MR) is 94.7 cm³/mol. The molecule has 4 nitrogen and oxygen atoms in total. The number of hydrogen-bond donors (Lipinski definition) is 2. The number of benzene rings is 1. The fraction of sp³-hybridized carbons (Fsp3) is 0.611. The van der Waals surface area contributed by atoms with Crippen molar-refractivity contribution in [2.75, 3.05) is 5.73 Å². The van der Waals surface area contributed by atoms with Gasteiger partial charge in [-0.25, -0.2) is 4.79 Å². The first-order valence-electron chi connectivity index (χ1n) is 8.26. The van der Waals surface area contributed by atoms with Crippen molar-refractivity contribution in [2.45, 2.75) is 64.5 Å². The number of alkyl carbamates (subject to hydrolysis) is 1. The van der Waals surface area contributed by atoms with Gasteiger partial charge in [-0.2, -0.15) is 0 Å². The predicted octanol–water partition coefficient (Wildman–Crippen LogP) is 4.55. The Morgan fingerprint density at radius 3 is 2.52 bits per heavy atom. The minimum absolute atomic E-state index is 0.212. The van der Waals surface area contributed by atoms with Crippen LogP contribution in [0.2, 0.25) is 5.02 Å². The minimum Gasteiger partial charge on any atom is -0.444 e. The highest BCUT2D eigenvalue weighted by atomic mass is 35.5. The summed E-state index contributed by atoms with van der Waals surface area (Å²) in [6.07, 6.45) is 4.80. The summed E-state index contributed by atoms with van der Waals surface area (Å²) in [7, 11) is 0. The van der Waals surface area contributed by atoms with E-state index in [0.29, 0.717) is 10.9 Å². The molecule has 0 radical (unpaired) electrons. The van der Waals surface area contributed by atoms with Gasteiger partial charge >= 0.3 is 6.09 Å². The molecule has 128 valence electrons. The average Bonchev–Trinajstić information content (AvgIpc) is 2.42. The van der Waals surface area contributed by atoms with Gasteiger partial charge in [-0.1, -0.05) is 17.7 Å². The molecule has 1 fully saturated rings. The van der Waals surface area contributed by atoms with E-state index in [9.17, 15) is 4.79 Å². The summed E-state index contributed by atoms with van der Waals surface area (Å²) in [5, 5.41) is 3.65.